The Hall–Kier alpha value is -1.82. The van der Waals surface area contributed by atoms with Crippen LogP contribution in [0.1, 0.15) is 30.9 Å². The molecule has 2 rings (SSSR count). The fourth-order valence-corrected chi connectivity index (χ4v) is 3.04. The van der Waals surface area contributed by atoms with Gasteiger partial charge in [-0.3, -0.25) is 9.36 Å². The summed E-state index contributed by atoms with van der Waals surface area (Å²) in [5.41, 5.74) is 3.51. The number of carbonyl (C=O) groups excluding carboxylic acids is 1. The van der Waals surface area contributed by atoms with Crippen molar-refractivity contribution in [3.8, 4) is 5.69 Å². The first-order valence-corrected chi connectivity index (χ1v) is 8.36. The van der Waals surface area contributed by atoms with Gasteiger partial charge in [0.2, 0.25) is 0 Å². The lowest BCUT2D eigenvalue weighted by atomic mass is 10.1. The number of benzene rings is 1. The van der Waals surface area contributed by atoms with Crippen molar-refractivity contribution < 1.29 is 9.53 Å². The topological polar surface area (TPSA) is 57.0 Å². The third-order valence-electron chi connectivity index (χ3n) is 3.19. The number of ether oxygens (including phenoxy) is 1. The van der Waals surface area contributed by atoms with Gasteiger partial charge in [-0.15, -0.1) is 10.2 Å². The van der Waals surface area contributed by atoms with E-state index in [4.69, 9.17) is 4.74 Å². The molecule has 0 fully saturated rings. The van der Waals surface area contributed by atoms with Crippen molar-refractivity contribution in [2.24, 2.45) is 0 Å². The monoisotopic (exact) mass is 319 g/mol. The van der Waals surface area contributed by atoms with Crippen molar-refractivity contribution >= 4 is 17.7 Å². The first-order chi connectivity index (χ1) is 10.6. The minimum absolute atomic E-state index is 0.140. The van der Waals surface area contributed by atoms with E-state index < -0.39 is 0 Å². The molecule has 0 atom stereocenters. The standard InChI is InChI=1S/C16H21N3O2S/c1-4-21-15(20)6-5-9-22-16-18-17-11-19(16)14-8-7-12(2)10-13(14)3/h7-8,10-11H,4-6,9H2,1-3H3. The molecule has 0 N–H and O–H groups in total. The van der Waals surface area contributed by atoms with E-state index >= 15 is 0 Å². The SMILES string of the molecule is CCOC(=O)CCCSc1nncn1-c1ccc(C)cc1C. The lowest BCUT2D eigenvalue weighted by Crippen LogP contribution is -2.04. The van der Waals surface area contributed by atoms with Crippen LogP contribution in [0.4, 0.5) is 0 Å². The predicted octanol–water partition coefficient (Wildman–Crippen LogP) is 3.32. The second-order valence-electron chi connectivity index (χ2n) is 5.03. The maximum Gasteiger partial charge on any atom is 0.305 e. The average Bonchev–Trinajstić information content (AvgIpc) is 2.92. The quantitative estimate of drug-likeness (QED) is 0.445. The van der Waals surface area contributed by atoms with E-state index in [9.17, 15) is 4.79 Å². The molecule has 1 heterocycles. The molecule has 2 aromatic rings. The van der Waals surface area contributed by atoms with Gasteiger partial charge in [-0.2, -0.15) is 0 Å². The van der Waals surface area contributed by atoms with Crippen molar-refractivity contribution in [1.82, 2.24) is 14.8 Å². The molecular weight excluding hydrogens is 298 g/mol. The molecule has 0 bridgehead atoms. The molecular formula is C16H21N3O2S. The fourth-order valence-electron chi connectivity index (χ4n) is 2.18. The highest BCUT2D eigenvalue weighted by molar-refractivity contribution is 7.99. The van der Waals surface area contributed by atoms with Gasteiger partial charge in [-0.1, -0.05) is 29.5 Å². The van der Waals surface area contributed by atoms with Crippen LogP contribution in [0.25, 0.3) is 5.69 Å². The number of carbonyl (C=O) groups is 1. The van der Waals surface area contributed by atoms with Gasteiger partial charge < -0.3 is 4.74 Å². The van der Waals surface area contributed by atoms with Gasteiger partial charge in [0.05, 0.1) is 12.3 Å². The fraction of sp³-hybridized carbons (Fsp3) is 0.438. The molecule has 0 aliphatic carbocycles. The van der Waals surface area contributed by atoms with Gasteiger partial charge >= 0.3 is 5.97 Å². The van der Waals surface area contributed by atoms with Crippen LogP contribution in [0.3, 0.4) is 0 Å². The van der Waals surface area contributed by atoms with E-state index in [2.05, 4.69) is 42.2 Å². The highest BCUT2D eigenvalue weighted by Gasteiger charge is 2.10. The molecule has 5 nitrogen and oxygen atoms in total. The van der Waals surface area contributed by atoms with Gasteiger partial charge in [0.25, 0.3) is 0 Å². The zero-order chi connectivity index (χ0) is 15.9. The van der Waals surface area contributed by atoms with Crippen LogP contribution in [0, 0.1) is 13.8 Å². The van der Waals surface area contributed by atoms with Crippen LogP contribution in [-0.2, 0) is 9.53 Å². The lowest BCUT2D eigenvalue weighted by molar-refractivity contribution is -0.143. The maximum absolute atomic E-state index is 11.3. The highest BCUT2D eigenvalue weighted by Crippen LogP contribution is 2.23. The summed E-state index contributed by atoms with van der Waals surface area (Å²) >= 11 is 1.60. The highest BCUT2D eigenvalue weighted by atomic mass is 32.2. The zero-order valence-electron chi connectivity index (χ0n) is 13.2. The Kier molecular flexibility index (Phi) is 6.00. The van der Waals surface area contributed by atoms with E-state index in [-0.39, 0.29) is 5.97 Å². The number of rotatable bonds is 7. The Balaban J connectivity index is 1.97. The summed E-state index contributed by atoms with van der Waals surface area (Å²) in [4.78, 5) is 11.3. The van der Waals surface area contributed by atoms with Gasteiger partial charge in [0.1, 0.15) is 6.33 Å². The summed E-state index contributed by atoms with van der Waals surface area (Å²) in [5, 5.41) is 9.02. The largest absolute Gasteiger partial charge is 0.466 e. The van der Waals surface area contributed by atoms with Gasteiger partial charge in [0, 0.05) is 12.2 Å². The number of aromatic nitrogens is 3. The van der Waals surface area contributed by atoms with Crippen molar-refractivity contribution in [1.29, 1.82) is 0 Å². The van der Waals surface area contributed by atoms with Crippen molar-refractivity contribution in [2.75, 3.05) is 12.4 Å². The van der Waals surface area contributed by atoms with E-state index in [1.165, 1.54) is 11.1 Å². The van der Waals surface area contributed by atoms with Crippen molar-refractivity contribution in [3.63, 3.8) is 0 Å². The summed E-state index contributed by atoms with van der Waals surface area (Å²) in [6.07, 6.45) is 2.94. The first-order valence-electron chi connectivity index (χ1n) is 7.38. The molecule has 0 radical (unpaired) electrons. The molecule has 0 saturated carbocycles. The molecule has 22 heavy (non-hydrogen) atoms. The Labute approximate surface area is 135 Å². The van der Waals surface area contributed by atoms with Crippen LogP contribution >= 0.6 is 11.8 Å². The Morgan fingerprint density at radius 2 is 2.18 bits per heavy atom. The predicted molar refractivity (Wildman–Crippen MR) is 87.4 cm³/mol. The van der Waals surface area contributed by atoms with Crippen LogP contribution in [-0.4, -0.2) is 33.1 Å². The molecule has 0 spiro atoms. The molecule has 1 aromatic heterocycles. The minimum atomic E-state index is -0.140. The molecule has 6 heteroatoms. The van der Waals surface area contributed by atoms with Crippen molar-refractivity contribution in [3.05, 3.63) is 35.7 Å². The van der Waals surface area contributed by atoms with Crippen molar-refractivity contribution in [2.45, 2.75) is 38.8 Å². The minimum Gasteiger partial charge on any atom is -0.466 e. The number of thioether (sulfide) groups is 1. The smallest absolute Gasteiger partial charge is 0.305 e. The number of hydrogen-bond donors (Lipinski definition) is 0. The van der Waals surface area contributed by atoms with Gasteiger partial charge in [-0.25, -0.2) is 0 Å². The molecule has 0 aliphatic heterocycles. The molecule has 0 aliphatic rings. The molecule has 1 aromatic carbocycles. The Bertz CT molecular complexity index is 640. The average molecular weight is 319 g/mol. The second-order valence-corrected chi connectivity index (χ2v) is 6.09. The third-order valence-corrected chi connectivity index (χ3v) is 4.22. The van der Waals surface area contributed by atoms with E-state index in [1.54, 1.807) is 18.1 Å². The molecule has 0 unspecified atom stereocenters. The second kappa shape index (κ2) is 7.98. The van der Waals surface area contributed by atoms with Crippen LogP contribution in [0.2, 0.25) is 0 Å². The van der Waals surface area contributed by atoms with E-state index in [1.807, 2.05) is 11.5 Å². The Morgan fingerprint density at radius 1 is 1.36 bits per heavy atom. The molecule has 0 saturated heterocycles. The summed E-state index contributed by atoms with van der Waals surface area (Å²) < 4.78 is 6.91. The number of aryl methyl sites for hydroxylation is 2. The van der Waals surface area contributed by atoms with E-state index in [0.29, 0.717) is 13.0 Å². The van der Waals surface area contributed by atoms with E-state index in [0.717, 1.165) is 23.0 Å². The normalized spacial score (nSPS) is 10.7. The number of nitrogens with zero attached hydrogens (tertiary/aromatic N) is 3. The Morgan fingerprint density at radius 3 is 2.91 bits per heavy atom. The first kappa shape index (κ1) is 16.5. The van der Waals surface area contributed by atoms with Crippen LogP contribution in [0.5, 0.6) is 0 Å². The molecule has 118 valence electrons. The van der Waals surface area contributed by atoms with Crippen LogP contribution < -0.4 is 0 Å². The van der Waals surface area contributed by atoms with Crippen LogP contribution in [0.15, 0.2) is 29.7 Å². The lowest BCUT2D eigenvalue weighted by Gasteiger charge is -2.10. The summed E-state index contributed by atoms with van der Waals surface area (Å²) in [5.74, 6) is 0.668. The third kappa shape index (κ3) is 4.34. The number of hydrogen-bond acceptors (Lipinski definition) is 5. The summed E-state index contributed by atoms with van der Waals surface area (Å²) in [6, 6.07) is 6.30. The van der Waals surface area contributed by atoms with Gasteiger partial charge in [-0.05, 0) is 38.8 Å². The number of esters is 1. The van der Waals surface area contributed by atoms with Gasteiger partial charge in [0.15, 0.2) is 5.16 Å². The summed E-state index contributed by atoms with van der Waals surface area (Å²) in [7, 11) is 0. The molecule has 0 amide bonds. The maximum atomic E-state index is 11.3. The zero-order valence-corrected chi connectivity index (χ0v) is 14.0. The summed E-state index contributed by atoms with van der Waals surface area (Å²) in [6.45, 7) is 6.41.